The van der Waals surface area contributed by atoms with E-state index in [1.54, 1.807) is 0 Å². The zero-order valence-corrected chi connectivity index (χ0v) is 10.5. The first kappa shape index (κ1) is 13.5. The lowest BCUT2D eigenvalue weighted by Gasteiger charge is -2.10. The molecule has 0 saturated carbocycles. The van der Waals surface area contributed by atoms with Crippen LogP contribution in [0.25, 0.3) is 0 Å². The van der Waals surface area contributed by atoms with E-state index in [2.05, 4.69) is 5.32 Å². The van der Waals surface area contributed by atoms with E-state index in [1.807, 2.05) is 45.2 Å². The van der Waals surface area contributed by atoms with Gasteiger partial charge in [-0.05, 0) is 38.6 Å². The Morgan fingerprint density at radius 1 is 1.41 bits per heavy atom. The lowest BCUT2D eigenvalue weighted by molar-refractivity contribution is -0.149. The Kier molecular flexibility index (Phi) is 5.49. The quantitative estimate of drug-likeness (QED) is 0.765. The van der Waals surface area contributed by atoms with Gasteiger partial charge in [0.15, 0.2) is 6.61 Å². The summed E-state index contributed by atoms with van der Waals surface area (Å²) in [6.45, 7) is 4.34. The molecule has 0 saturated heterocycles. The van der Waals surface area contributed by atoms with Crippen molar-refractivity contribution < 1.29 is 14.3 Å². The molecule has 0 aromatic heterocycles. The van der Waals surface area contributed by atoms with Crippen molar-refractivity contribution in [3.8, 4) is 5.75 Å². The summed E-state index contributed by atoms with van der Waals surface area (Å²) in [6.07, 6.45) is -0.110. The fourth-order valence-corrected chi connectivity index (χ4v) is 1.39. The smallest absolute Gasteiger partial charge is 0.344 e. The summed E-state index contributed by atoms with van der Waals surface area (Å²) in [4.78, 5) is 11.3. The summed E-state index contributed by atoms with van der Waals surface area (Å²) >= 11 is 0. The minimum absolute atomic E-state index is 0.0544. The zero-order valence-electron chi connectivity index (χ0n) is 10.5. The van der Waals surface area contributed by atoms with E-state index in [0.717, 1.165) is 12.1 Å². The average Bonchev–Trinajstić information content (AvgIpc) is 2.26. The van der Waals surface area contributed by atoms with E-state index in [0.29, 0.717) is 5.75 Å². The minimum Gasteiger partial charge on any atom is -0.482 e. The second-order valence-corrected chi connectivity index (χ2v) is 4.01. The summed E-state index contributed by atoms with van der Waals surface area (Å²) in [5.74, 6) is 0.331. The van der Waals surface area contributed by atoms with Gasteiger partial charge in [-0.2, -0.15) is 0 Å². The molecule has 1 rings (SSSR count). The van der Waals surface area contributed by atoms with E-state index in [-0.39, 0.29) is 18.7 Å². The molecule has 1 N–H and O–H groups in total. The van der Waals surface area contributed by atoms with Crippen LogP contribution in [0.5, 0.6) is 5.75 Å². The lowest BCUT2D eigenvalue weighted by atomic mass is 10.2. The summed E-state index contributed by atoms with van der Waals surface area (Å²) < 4.78 is 10.3. The van der Waals surface area contributed by atoms with Gasteiger partial charge in [-0.3, -0.25) is 0 Å². The third-order valence-electron chi connectivity index (χ3n) is 2.00. The Balaban J connectivity index is 2.45. The number of rotatable bonds is 6. The molecule has 94 valence electrons. The van der Waals surface area contributed by atoms with Gasteiger partial charge in [0.2, 0.25) is 0 Å². The highest BCUT2D eigenvalue weighted by Crippen LogP contribution is 2.13. The molecular formula is C13H19NO3. The topological polar surface area (TPSA) is 47.6 Å². The van der Waals surface area contributed by atoms with Gasteiger partial charge in [0, 0.05) is 6.54 Å². The van der Waals surface area contributed by atoms with Crippen molar-refractivity contribution in [2.75, 3.05) is 13.7 Å². The van der Waals surface area contributed by atoms with Crippen LogP contribution in [-0.2, 0) is 16.1 Å². The van der Waals surface area contributed by atoms with Crippen LogP contribution in [0.4, 0.5) is 0 Å². The molecule has 4 nitrogen and oxygen atoms in total. The molecular weight excluding hydrogens is 218 g/mol. The van der Waals surface area contributed by atoms with Gasteiger partial charge in [0.25, 0.3) is 0 Å². The number of carbonyl (C=O) groups is 1. The molecule has 4 heteroatoms. The van der Waals surface area contributed by atoms with Gasteiger partial charge in [-0.25, -0.2) is 4.79 Å². The molecule has 0 aliphatic rings. The molecule has 0 fully saturated rings. The maximum Gasteiger partial charge on any atom is 0.344 e. The van der Waals surface area contributed by atoms with Crippen LogP contribution in [0.3, 0.4) is 0 Å². The molecule has 17 heavy (non-hydrogen) atoms. The molecule has 1 aromatic carbocycles. The van der Waals surface area contributed by atoms with Crippen molar-refractivity contribution >= 4 is 5.97 Å². The van der Waals surface area contributed by atoms with E-state index in [9.17, 15) is 4.79 Å². The molecule has 0 spiro atoms. The Labute approximate surface area is 102 Å². The fraction of sp³-hybridized carbons (Fsp3) is 0.462. The maximum absolute atomic E-state index is 11.3. The van der Waals surface area contributed by atoms with Crippen LogP contribution < -0.4 is 10.1 Å². The molecule has 0 amide bonds. The molecule has 0 atom stereocenters. The standard InChI is InChI=1S/C13H19NO3/c1-10(2)17-13(15)9-16-12-6-4-5-11(7-12)8-14-3/h4-7,10,14H,8-9H2,1-3H3. The highest BCUT2D eigenvalue weighted by atomic mass is 16.6. The molecule has 0 bridgehead atoms. The Bertz CT molecular complexity index is 363. The third kappa shape index (κ3) is 5.36. The van der Waals surface area contributed by atoms with E-state index in [1.165, 1.54) is 0 Å². The van der Waals surface area contributed by atoms with Gasteiger partial charge in [-0.1, -0.05) is 12.1 Å². The third-order valence-corrected chi connectivity index (χ3v) is 2.00. The normalized spacial score (nSPS) is 10.4. The van der Waals surface area contributed by atoms with E-state index < -0.39 is 0 Å². The number of hydrogen-bond donors (Lipinski definition) is 1. The van der Waals surface area contributed by atoms with Crippen molar-refractivity contribution in [1.82, 2.24) is 5.32 Å². The highest BCUT2D eigenvalue weighted by molar-refractivity contribution is 5.71. The predicted octanol–water partition coefficient (Wildman–Crippen LogP) is 1.74. The SMILES string of the molecule is CNCc1cccc(OCC(=O)OC(C)C)c1. The molecule has 0 radical (unpaired) electrons. The molecule has 0 unspecified atom stereocenters. The number of benzene rings is 1. The Hall–Kier alpha value is -1.55. The molecule has 0 aliphatic heterocycles. The van der Waals surface area contributed by atoms with Crippen molar-refractivity contribution in [1.29, 1.82) is 0 Å². The Morgan fingerprint density at radius 3 is 2.82 bits per heavy atom. The van der Waals surface area contributed by atoms with Crippen molar-refractivity contribution in [2.24, 2.45) is 0 Å². The second-order valence-electron chi connectivity index (χ2n) is 4.01. The first-order valence-corrected chi connectivity index (χ1v) is 5.67. The van der Waals surface area contributed by atoms with Crippen molar-refractivity contribution in [2.45, 2.75) is 26.5 Å². The fourth-order valence-electron chi connectivity index (χ4n) is 1.39. The second kappa shape index (κ2) is 6.91. The van der Waals surface area contributed by atoms with Crippen LogP contribution in [0.15, 0.2) is 24.3 Å². The average molecular weight is 237 g/mol. The van der Waals surface area contributed by atoms with Gasteiger partial charge < -0.3 is 14.8 Å². The summed E-state index contributed by atoms with van der Waals surface area (Å²) in [5, 5.41) is 3.05. The van der Waals surface area contributed by atoms with E-state index in [4.69, 9.17) is 9.47 Å². The highest BCUT2D eigenvalue weighted by Gasteiger charge is 2.06. The van der Waals surface area contributed by atoms with Crippen LogP contribution in [-0.4, -0.2) is 25.7 Å². The number of hydrogen-bond acceptors (Lipinski definition) is 4. The number of nitrogens with one attached hydrogen (secondary N) is 1. The van der Waals surface area contributed by atoms with Gasteiger partial charge in [0.1, 0.15) is 5.75 Å². The monoisotopic (exact) mass is 237 g/mol. The van der Waals surface area contributed by atoms with E-state index >= 15 is 0 Å². The maximum atomic E-state index is 11.3. The first-order chi connectivity index (χ1) is 8.11. The Morgan fingerprint density at radius 2 is 2.18 bits per heavy atom. The van der Waals surface area contributed by atoms with Gasteiger partial charge in [-0.15, -0.1) is 0 Å². The summed E-state index contributed by atoms with van der Waals surface area (Å²) in [6, 6.07) is 7.62. The van der Waals surface area contributed by atoms with Crippen LogP contribution in [0, 0.1) is 0 Å². The van der Waals surface area contributed by atoms with Crippen molar-refractivity contribution in [3.63, 3.8) is 0 Å². The summed E-state index contributed by atoms with van der Waals surface area (Å²) in [7, 11) is 1.88. The largest absolute Gasteiger partial charge is 0.482 e. The van der Waals surface area contributed by atoms with Crippen LogP contribution in [0.2, 0.25) is 0 Å². The molecule has 0 heterocycles. The summed E-state index contributed by atoms with van der Waals surface area (Å²) in [5.41, 5.74) is 1.11. The molecule has 0 aliphatic carbocycles. The van der Waals surface area contributed by atoms with Crippen LogP contribution >= 0.6 is 0 Å². The first-order valence-electron chi connectivity index (χ1n) is 5.67. The van der Waals surface area contributed by atoms with Crippen LogP contribution in [0.1, 0.15) is 19.4 Å². The van der Waals surface area contributed by atoms with Gasteiger partial charge >= 0.3 is 5.97 Å². The van der Waals surface area contributed by atoms with Gasteiger partial charge in [0.05, 0.1) is 6.10 Å². The number of ether oxygens (including phenoxy) is 2. The number of carbonyl (C=O) groups excluding carboxylic acids is 1. The molecule has 1 aromatic rings. The van der Waals surface area contributed by atoms with Crippen molar-refractivity contribution in [3.05, 3.63) is 29.8 Å². The lowest BCUT2D eigenvalue weighted by Crippen LogP contribution is -2.18. The minimum atomic E-state index is -0.348. The zero-order chi connectivity index (χ0) is 12.7. The number of esters is 1. The predicted molar refractivity (Wildman–Crippen MR) is 65.9 cm³/mol.